The average molecular weight is 275 g/mol. The van der Waals surface area contributed by atoms with Crippen LogP contribution >= 0.6 is 27.3 Å². The standard InChI is InChI=1S/C10H11BrO2S/c1-13-10(4-2-5-10)9(12)8-7(11)3-6-14-8/h3,6H,2,4-5H2,1H3. The highest BCUT2D eigenvalue weighted by Gasteiger charge is 2.45. The minimum atomic E-state index is -0.520. The fourth-order valence-electron chi connectivity index (χ4n) is 1.68. The molecule has 0 bridgehead atoms. The topological polar surface area (TPSA) is 26.3 Å². The largest absolute Gasteiger partial charge is 0.370 e. The fourth-order valence-corrected chi connectivity index (χ4v) is 3.27. The van der Waals surface area contributed by atoms with Gasteiger partial charge < -0.3 is 4.74 Å². The molecule has 0 aromatic carbocycles. The van der Waals surface area contributed by atoms with E-state index in [1.165, 1.54) is 11.3 Å². The van der Waals surface area contributed by atoms with Crippen LogP contribution in [0, 0.1) is 0 Å². The molecule has 2 nitrogen and oxygen atoms in total. The molecule has 0 aliphatic heterocycles. The number of hydrogen-bond donors (Lipinski definition) is 0. The molecule has 1 heterocycles. The first kappa shape index (κ1) is 10.3. The van der Waals surface area contributed by atoms with Crippen LogP contribution in [0.1, 0.15) is 28.9 Å². The molecule has 1 aromatic rings. The normalized spacial score (nSPS) is 19.0. The molecule has 2 rings (SSSR count). The molecule has 0 spiro atoms. The van der Waals surface area contributed by atoms with Crippen LogP contribution in [0.5, 0.6) is 0 Å². The SMILES string of the molecule is COC1(C(=O)c2sccc2Br)CCC1. The molecular weight excluding hydrogens is 264 g/mol. The van der Waals surface area contributed by atoms with E-state index in [-0.39, 0.29) is 5.78 Å². The van der Waals surface area contributed by atoms with Crippen molar-refractivity contribution in [2.24, 2.45) is 0 Å². The van der Waals surface area contributed by atoms with Gasteiger partial charge in [-0.05, 0) is 46.6 Å². The smallest absolute Gasteiger partial charge is 0.205 e. The molecule has 0 atom stereocenters. The van der Waals surface area contributed by atoms with Gasteiger partial charge in [-0.25, -0.2) is 0 Å². The molecule has 4 heteroatoms. The van der Waals surface area contributed by atoms with Crippen LogP contribution in [-0.2, 0) is 4.74 Å². The van der Waals surface area contributed by atoms with E-state index in [4.69, 9.17) is 4.74 Å². The number of ketones is 1. The third kappa shape index (κ3) is 1.45. The molecule has 1 fully saturated rings. The molecule has 0 saturated heterocycles. The third-order valence-corrected chi connectivity index (χ3v) is 4.63. The number of halogens is 1. The Kier molecular flexibility index (Phi) is 2.77. The summed E-state index contributed by atoms with van der Waals surface area (Å²) in [5.41, 5.74) is -0.520. The van der Waals surface area contributed by atoms with Crippen molar-refractivity contribution in [1.82, 2.24) is 0 Å². The monoisotopic (exact) mass is 274 g/mol. The predicted octanol–water partition coefficient (Wildman–Crippen LogP) is 3.26. The summed E-state index contributed by atoms with van der Waals surface area (Å²) in [6.07, 6.45) is 2.79. The Morgan fingerprint density at radius 2 is 2.36 bits per heavy atom. The van der Waals surface area contributed by atoms with Gasteiger partial charge in [0.1, 0.15) is 5.60 Å². The molecule has 14 heavy (non-hydrogen) atoms. The first-order chi connectivity index (χ1) is 6.69. The van der Waals surface area contributed by atoms with Gasteiger partial charge in [0.15, 0.2) is 0 Å². The Morgan fingerprint density at radius 1 is 1.64 bits per heavy atom. The Bertz CT molecular complexity index is 349. The van der Waals surface area contributed by atoms with Gasteiger partial charge in [0.2, 0.25) is 5.78 Å². The molecule has 1 saturated carbocycles. The second-order valence-corrected chi connectivity index (χ2v) is 5.25. The van der Waals surface area contributed by atoms with Gasteiger partial charge in [-0.2, -0.15) is 0 Å². The van der Waals surface area contributed by atoms with E-state index in [9.17, 15) is 4.79 Å². The summed E-state index contributed by atoms with van der Waals surface area (Å²) in [5.74, 6) is 0.133. The Labute approximate surface area is 95.4 Å². The number of carbonyl (C=O) groups is 1. The van der Waals surface area contributed by atoms with Gasteiger partial charge >= 0.3 is 0 Å². The highest BCUT2D eigenvalue weighted by atomic mass is 79.9. The maximum absolute atomic E-state index is 12.1. The zero-order valence-corrected chi connectivity index (χ0v) is 10.3. The van der Waals surface area contributed by atoms with Crippen molar-refractivity contribution in [3.63, 3.8) is 0 Å². The van der Waals surface area contributed by atoms with Crippen LogP contribution in [0.2, 0.25) is 0 Å². The molecule has 1 aromatic heterocycles. The van der Waals surface area contributed by atoms with Crippen molar-refractivity contribution in [3.8, 4) is 0 Å². The minimum Gasteiger partial charge on any atom is -0.370 e. The number of Topliss-reactive ketones (excluding diaryl/α,β-unsaturated/α-hetero) is 1. The lowest BCUT2D eigenvalue weighted by Crippen LogP contribution is -2.46. The third-order valence-electron chi connectivity index (χ3n) is 2.79. The highest BCUT2D eigenvalue weighted by molar-refractivity contribution is 9.10. The number of rotatable bonds is 3. The van der Waals surface area contributed by atoms with Crippen molar-refractivity contribution < 1.29 is 9.53 Å². The first-order valence-corrected chi connectivity index (χ1v) is 6.20. The zero-order chi connectivity index (χ0) is 10.2. The summed E-state index contributed by atoms with van der Waals surface area (Å²) < 4.78 is 6.24. The molecule has 0 radical (unpaired) electrons. The Balaban J connectivity index is 2.27. The summed E-state index contributed by atoms with van der Waals surface area (Å²) in [6, 6.07) is 1.90. The van der Waals surface area contributed by atoms with Gasteiger partial charge in [0.05, 0.1) is 4.88 Å². The van der Waals surface area contributed by atoms with Crippen molar-refractivity contribution >= 4 is 33.0 Å². The fraction of sp³-hybridized carbons (Fsp3) is 0.500. The van der Waals surface area contributed by atoms with E-state index in [0.717, 1.165) is 28.6 Å². The predicted molar refractivity (Wildman–Crippen MR) is 59.9 cm³/mol. The van der Waals surface area contributed by atoms with Crippen molar-refractivity contribution in [1.29, 1.82) is 0 Å². The molecule has 0 unspecified atom stereocenters. The molecular formula is C10H11BrO2S. The lowest BCUT2D eigenvalue weighted by atomic mass is 9.76. The van der Waals surface area contributed by atoms with E-state index < -0.39 is 5.60 Å². The first-order valence-electron chi connectivity index (χ1n) is 4.52. The van der Waals surface area contributed by atoms with Crippen LogP contribution in [0.15, 0.2) is 15.9 Å². The van der Waals surface area contributed by atoms with Crippen molar-refractivity contribution in [2.75, 3.05) is 7.11 Å². The van der Waals surface area contributed by atoms with E-state index in [0.29, 0.717) is 0 Å². The molecule has 76 valence electrons. The molecule has 1 aliphatic rings. The van der Waals surface area contributed by atoms with Gasteiger partial charge in [-0.15, -0.1) is 11.3 Å². The van der Waals surface area contributed by atoms with Gasteiger partial charge in [-0.3, -0.25) is 4.79 Å². The molecule has 0 amide bonds. The Hall–Kier alpha value is -0.190. The van der Waals surface area contributed by atoms with E-state index >= 15 is 0 Å². The average Bonchev–Trinajstić information content (AvgIpc) is 2.50. The summed E-state index contributed by atoms with van der Waals surface area (Å²) >= 11 is 4.85. The summed E-state index contributed by atoms with van der Waals surface area (Å²) in [7, 11) is 1.62. The number of carbonyl (C=O) groups excluding carboxylic acids is 1. The maximum Gasteiger partial charge on any atom is 0.205 e. The van der Waals surface area contributed by atoms with Gasteiger partial charge in [0.25, 0.3) is 0 Å². The van der Waals surface area contributed by atoms with Gasteiger partial charge in [-0.1, -0.05) is 0 Å². The lowest BCUT2D eigenvalue weighted by Gasteiger charge is -2.38. The van der Waals surface area contributed by atoms with E-state index in [1.54, 1.807) is 7.11 Å². The van der Waals surface area contributed by atoms with Crippen molar-refractivity contribution in [2.45, 2.75) is 24.9 Å². The number of hydrogen-bond acceptors (Lipinski definition) is 3. The maximum atomic E-state index is 12.1. The van der Waals surface area contributed by atoms with Crippen LogP contribution in [0.4, 0.5) is 0 Å². The molecule has 0 N–H and O–H groups in total. The summed E-state index contributed by atoms with van der Waals surface area (Å²) in [6.45, 7) is 0. The number of methoxy groups -OCH3 is 1. The molecule has 1 aliphatic carbocycles. The van der Waals surface area contributed by atoms with E-state index in [2.05, 4.69) is 15.9 Å². The number of ether oxygens (including phenoxy) is 1. The van der Waals surface area contributed by atoms with Crippen LogP contribution in [-0.4, -0.2) is 18.5 Å². The zero-order valence-electron chi connectivity index (χ0n) is 7.88. The van der Waals surface area contributed by atoms with E-state index in [1.807, 2.05) is 11.4 Å². The van der Waals surface area contributed by atoms with Crippen LogP contribution in [0.25, 0.3) is 0 Å². The van der Waals surface area contributed by atoms with Crippen LogP contribution < -0.4 is 0 Å². The second kappa shape index (κ2) is 3.76. The lowest BCUT2D eigenvalue weighted by molar-refractivity contribution is -0.0445. The highest BCUT2D eigenvalue weighted by Crippen LogP contribution is 2.40. The second-order valence-electron chi connectivity index (χ2n) is 3.48. The van der Waals surface area contributed by atoms with Crippen LogP contribution in [0.3, 0.4) is 0 Å². The van der Waals surface area contributed by atoms with Crippen molar-refractivity contribution in [3.05, 3.63) is 20.8 Å². The summed E-state index contributed by atoms with van der Waals surface area (Å²) in [4.78, 5) is 12.9. The quantitative estimate of drug-likeness (QED) is 0.791. The Morgan fingerprint density at radius 3 is 2.71 bits per heavy atom. The minimum absolute atomic E-state index is 0.133. The van der Waals surface area contributed by atoms with Gasteiger partial charge in [0, 0.05) is 11.6 Å². The number of thiophene rings is 1. The summed E-state index contributed by atoms with van der Waals surface area (Å²) in [5, 5.41) is 1.92.